The molecular formula is C40H44N4O2. The van der Waals surface area contributed by atoms with Crippen LogP contribution in [0.5, 0.6) is 0 Å². The lowest BCUT2D eigenvalue weighted by atomic mass is 9.57. The summed E-state index contributed by atoms with van der Waals surface area (Å²) in [4.78, 5) is 19.2. The van der Waals surface area contributed by atoms with E-state index < -0.39 is 0 Å². The van der Waals surface area contributed by atoms with E-state index in [4.69, 9.17) is 4.74 Å². The van der Waals surface area contributed by atoms with E-state index in [9.17, 15) is 4.79 Å². The van der Waals surface area contributed by atoms with Gasteiger partial charge >= 0.3 is 5.97 Å². The predicted octanol–water partition coefficient (Wildman–Crippen LogP) is 6.38. The lowest BCUT2D eigenvalue weighted by Gasteiger charge is -2.54. The highest BCUT2D eigenvalue weighted by Gasteiger charge is 2.85. The topological polar surface area (TPSA) is 49.7 Å². The van der Waals surface area contributed by atoms with Gasteiger partial charge in [-0.3, -0.25) is 14.6 Å². The summed E-state index contributed by atoms with van der Waals surface area (Å²) in [7, 11) is 1.58. The molecule has 236 valence electrons. The fraction of sp³-hybridized carbons (Fsp3) is 0.525. The Balaban J connectivity index is 1.14. The minimum atomic E-state index is -0.330. The Labute approximate surface area is 271 Å². The van der Waals surface area contributed by atoms with Crippen LogP contribution >= 0.6 is 0 Å². The monoisotopic (exact) mass is 612 g/mol. The highest BCUT2D eigenvalue weighted by Crippen LogP contribution is 2.79. The van der Waals surface area contributed by atoms with Gasteiger partial charge in [0.1, 0.15) is 0 Å². The number of aromatic nitrogens is 1. The molecule has 1 aromatic heterocycles. The minimum Gasteiger partial charge on any atom is -0.469 e. The number of anilines is 1. The largest absolute Gasteiger partial charge is 0.469 e. The first kappa shape index (κ1) is 26.7. The first-order valence-electron chi connectivity index (χ1n) is 17.9. The van der Waals surface area contributed by atoms with E-state index in [2.05, 4.69) is 100 Å². The van der Waals surface area contributed by atoms with Crippen molar-refractivity contribution in [3.05, 3.63) is 89.2 Å². The first-order valence-corrected chi connectivity index (χ1v) is 17.9. The average molecular weight is 613 g/mol. The Kier molecular flexibility index (Phi) is 4.86. The van der Waals surface area contributed by atoms with Crippen LogP contribution in [0, 0.1) is 22.7 Å². The Bertz CT molecular complexity index is 1940. The highest BCUT2D eigenvalue weighted by molar-refractivity contribution is 5.87. The highest BCUT2D eigenvalue weighted by atomic mass is 16.5. The van der Waals surface area contributed by atoms with E-state index in [-0.39, 0.29) is 39.7 Å². The van der Waals surface area contributed by atoms with Gasteiger partial charge in [-0.15, -0.1) is 0 Å². The zero-order valence-corrected chi connectivity index (χ0v) is 27.3. The number of rotatable bonds is 3. The van der Waals surface area contributed by atoms with Crippen molar-refractivity contribution in [2.45, 2.75) is 75.0 Å². The molecule has 0 radical (unpaired) electrons. The van der Waals surface area contributed by atoms with Crippen LogP contribution in [0.4, 0.5) is 5.69 Å². The van der Waals surface area contributed by atoms with Crippen LogP contribution in [0.2, 0.25) is 0 Å². The van der Waals surface area contributed by atoms with Crippen molar-refractivity contribution >= 4 is 22.6 Å². The van der Waals surface area contributed by atoms with Crippen LogP contribution in [0.25, 0.3) is 10.9 Å². The van der Waals surface area contributed by atoms with Crippen LogP contribution in [0.1, 0.15) is 74.0 Å². The molecular weight excluding hydrogens is 568 g/mol. The fourth-order valence-corrected chi connectivity index (χ4v) is 13.7. The summed E-state index contributed by atoms with van der Waals surface area (Å²) in [6.45, 7) is 9.15. The lowest BCUT2D eigenvalue weighted by Crippen LogP contribution is -2.63. The molecule has 46 heavy (non-hydrogen) atoms. The van der Waals surface area contributed by atoms with Crippen LogP contribution in [0.3, 0.4) is 0 Å². The zero-order chi connectivity index (χ0) is 30.8. The Hall–Kier alpha value is -3.35. The molecule has 6 heteroatoms. The van der Waals surface area contributed by atoms with Crippen LogP contribution in [-0.2, 0) is 21.4 Å². The molecule has 1 saturated heterocycles. The number of esters is 1. The van der Waals surface area contributed by atoms with Gasteiger partial charge in [0, 0.05) is 64.2 Å². The third-order valence-corrected chi connectivity index (χ3v) is 15.2. The second-order valence-electron chi connectivity index (χ2n) is 16.0. The number of fused-ring (bicyclic) bond motifs is 4. The first-order chi connectivity index (χ1) is 22.4. The molecule has 1 unspecified atom stereocenters. The summed E-state index contributed by atoms with van der Waals surface area (Å²) in [5, 5.41) is 5.61. The Morgan fingerprint density at radius 3 is 2.76 bits per heavy atom. The molecule has 7 heterocycles. The number of para-hydroxylation sites is 1. The van der Waals surface area contributed by atoms with Gasteiger partial charge in [-0.25, -0.2) is 0 Å². The third-order valence-electron chi connectivity index (χ3n) is 15.2. The number of carbonyl (C=O) groups excluding carboxylic acids is 1. The summed E-state index contributed by atoms with van der Waals surface area (Å²) in [6, 6.07) is 17.8. The third kappa shape index (κ3) is 2.60. The van der Waals surface area contributed by atoms with E-state index in [0.29, 0.717) is 18.0 Å². The van der Waals surface area contributed by atoms with Crippen molar-refractivity contribution in [1.29, 1.82) is 0 Å². The van der Waals surface area contributed by atoms with Crippen molar-refractivity contribution in [2.24, 2.45) is 22.7 Å². The van der Waals surface area contributed by atoms with Crippen LogP contribution in [0.15, 0.2) is 66.8 Å². The van der Waals surface area contributed by atoms with E-state index in [1.807, 2.05) is 0 Å². The molecule has 3 aromatic rings. The average Bonchev–Trinajstić information content (AvgIpc) is 3.84. The van der Waals surface area contributed by atoms with E-state index >= 15 is 0 Å². The maximum absolute atomic E-state index is 13.7. The summed E-state index contributed by atoms with van der Waals surface area (Å²) in [5.74, 6) is 0.142. The van der Waals surface area contributed by atoms with Gasteiger partial charge in [-0.05, 0) is 73.4 Å². The van der Waals surface area contributed by atoms with Crippen molar-refractivity contribution in [3.8, 4) is 0 Å². The minimum absolute atomic E-state index is 0.00924. The summed E-state index contributed by atoms with van der Waals surface area (Å²) in [5.41, 5.74) is 8.38. The maximum Gasteiger partial charge on any atom is 0.311 e. The van der Waals surface area contributed by atoms with Gasteiger partial charge in [-0.1, -0.05) is 68.5 Å². The Morgan fingerprint density at radius 2 is 1.89 bits per heavy atom. The molecule has 6 aliphatic heterocycles. The number of benzene rings is 2. The molecule has 2 bridgehead atoms. The molecule has 0 amide bonds. The summed E-state index contributed by atoms with van der Waals surface area (Å²) < 4.78 is 8.35. The van der Waals surface area contributed by atoms with Gasteiger partial charge < -0.3 is 14.6 Å². The summed E-state index contributed by atoms with van der Waals surface area (Å²) in [6.07, 6.45) is 15.3. The molecule has 3 fully saturated rings. The molecule has 3 spiro atoms. The fourth-order valence-electron chi connectivity index (χ4n) is 13.7. The van der Waals surface area contributed by atoms with Gasteiger partial charge in [0.25, 0.3) is 0 Å². The molecule has 2 aromatic carbocycles. The number of nitrogens with zero attached hydrogens (tertiary/aromatic N) is 3. The smallest absolute Gasteiger partial charge is 0.311 e. The molecule has 6 nitrogen and oxygen atoms in total. The molecule has 9 atom stereocenters. The number of nitrogens with one attached hydrogen (secondary N) is 1. The zero-order valence-electron chi connectivity index (χ0n) is 27.3. The van der Waals surface area contributed by atoms with E-state index in [0.717, 1.165) is 58.3 Å². The van der Waals surface area contributed by atoms with Crippen molar-refractivity contribution in [1.82, 2.24) is 14.4 Å². The molecule has 2 saturated carbocycles. The van der Waals surface area contributed by atoms with E-state index in [1.165, 1.54) is 27.7 Å². The molecule has 11 rings (SSSR count). The maximum atomic E-state index is 13.7. The molecule has 2 aliphatic carbocycles. The standard InChI is InChI=1S/C40H44N4O2/c1-4-37-14-7-17-42-19-13-27-26-9-5-6-10-31(26)44(33(27)34(37)42)32(23-37)25-11-12-30-28(21-25)39-16-20-43-18-8-15-38(36(39)43)22-29(35(45)46-3)40(39,41-30)24(38)2/h5-12,14-15,21,24,29,32,34,36,41H,4,13,16-20,22-23H2,1-3H3/t24?,29-,32+,34+,36-,37-,38-,39+,40+/m0/s1. The number of methoxy groups -OCH3 is 1. The second kappa shape index (κ2) is 8.38. The van der Waals surface area contributed by atoms with Gasteiger partial charge in [0.05, 0.1) is 30.7 Å². The van der Waals surface area contributed by atoms with Gasteiger partial charge in [-0.2, -0.15) is 0 Å². The van der Waals surface area contributed by atoms with Crippen LogP contribution < -0.4 is 5.32 Å². The number of ether oxygens (including phenoxy) is 1. The van der Waals surface area contributed by atoms with Crippen LogP contribution in [-0.4, -0.2) is 65.2 Å². The summed E-state index contributed by atoms with van der Waals surface area (Å²) >= 11 is 0. The molecule has 1 N–H and O–H groups in total. The van der Waals surface area contributed by atoms with Crippen molar-refractivity contribution in [3.63, 3.8) is 0 Å². The number of hydrogen-bond acceptors (Lipinski definition) is 5. The predicted molar refractivity (Wildman–Crippen MR) is 180 cm³/mol. The van der Waals surface area contributed by atoms with E-state index in [1.54, 1.807) is 18.4 Å². The molecule has 8 aliphatic rings. The van der Waals surface area contributed by atoms with Crippen molar-refractivity contribution < 1.29 is 9.53 Å². The lowest BCUT2D eigenvalue weighted by molar-refractivity contribution is -0.149. The van der Waals surface area contributed by atoms with Gasteiger partial charge in [0.2, 0.25) is 0 Å². The number of hydrogen-bond donors (Lipinski definition) is 1. The number of carbonyl (C=O) groups is 1. The normalized spacial score (nSPS) is 42.1. The van der Waals surface area contributed by atoms with Gasteiger partial charge in [0.15, 0.2) is 0 Å². The Morgan fingerprint density at radius 1 is 1.04 bits per heavy atom. The SMILES string of the molecule is CC[C@]12C=CCN3CCc4c(n(c5ccccc45)[C@@H](c4ccc5c(c4)[C@@]46CCN7CC=C[C@@]8(C[C@@H](C(=O)OC)[C@]4(N5)C8C)[C@H]76)C1)[C@@H]32. The quantitative estimate of drug-likeness (QED) is 0.275. The second-order valence-corrected chi connectivity index (χ2v) is 16.0. The van der Waals surface area contributed by atoms with Crippen molar-refractivity contribution in [2.75, 3.05) is 38.6 Å².